The zero-order valence-corrected chi connectivity index (χ0v) is 20.0. The number of carboxylic acids is 1. The van der Waals surface area contributed by atoms with Crippen molar-refractivity contribution in [3.05, 3.63) is 72.3 Å². The molecule has 0 aromatic heterocycles. The number of aliphatic carboxylic acids is 1. The number of carboxylic acid groups (broad SMARTS) is 1. The Labute approximate surface area is 204 Å². The monoisotopic (exact) mass is 482 g/mol. The number of ether oxygens (including phenoxy) is 1. The van der Waals surface area contributed by atoms with Crippen molar-refractivity contribution in [1.29, 1.82) is 0 Å². The fourth-order valence-corrected chi connectivity index (χ4v) is 4.57. The molecule has 1 aliphatic rings. The zero-order chi connectivity index (χ0) is 24.5. The minimum Gasteiger partial charge on any atom is -0.480 e. The Morgan fingerprint density at radius 2 is 1.65 bits per heavy atom. The van der Waals surface area contributed by atoms with Crippen LogP contribution in [-0.2, 0) is 14.3 Å². The Hall–Kier alpha value is -3.26. The highest BCUT2D eigenvalue weighted by atomic mass is 32.2. The highest BCUT2D eigenvalue weighted by Crippen LogP contribution is 2.44. The van der Waals surface area contributed by atoms with E-state index in [1.165, 1.54) is 11.8 Å². The molecule has 7 nitrogen and oxygen atoms in total. The van der Waals surface area contributed by atoms with Crippen molar-refractivity contribution >= 4 is 29.7 Å². The molecule has 0 heterocycles. The van der Waals surface area contributed by atoms with Crippen molar-refractivity contribution in [2.75, 3.05) is 18.6 Å². The van der Waals surface area contributed by atoms with Gasteiger partial charge in [-0.15, -0.1) is 6.58 Å². The van der Waals surface area contributed by atoms with Crippen LogP contribution in [0.5, 0.6) is 0 Å². The third-order valence-electron chi connectivity index (χ3n) is 5.84. The summed E-state index contributed by atoms with van der Waals surface area (Å²) in [6.07, 6.45) is 3.84. The van der Waals surface area contributed by atoms with Crippen LogP contribution in [0.15, 0.2) is 61.2 Å². The van der Waals surface area contributed by atoms with Gasteiger partial charge in [0.25, 0.3) is 0 Å². The predicted molar refractivity (Wildman–Crippen MR) is 134 cm³/mol. The molecule has 0 radical (unpaired) electrons. The van der Waals surface area contributed by atoms with E-state index in [4.69, 9.17) is 4.74 Å². The average molecular weight is 483 g/mol. The van der Waals surface area contributed by atoms with Gasteiger partial charge in [0.15, 0.2) is 0 Å². The minimum atomic E-state index is -1.11. The van der Waals surface area contributed by atoms with E-state index in [1.807, 2.05) is 42.7 Å². The van der Waals surface area contributed by atoms with E-state index >= 15 is 0 Å². The van der Waals surface area contributed by atoms with E-state index in [9.17, 15) is 19.5 Å². The number of fused-ring (bicyclic) bond motifs is 3. The van der Waals surface area contributed by atoms with Gasteiger partial charge in [-0.1, -0.05) is 54.6 Å². The van der Waals surface area contributed by atoms with E-state index in [2.05, 4.69) is 29.3 Å². The molecule has 0 saturated carbocycles. The highest BCUT2D eigenvalue weighted by molar-refractivity contribution is 7.98. The summed E-state index contributed by atoms with van der Waals surface area (Å²) in [5.41, 5.74) is 4.44. The minimum absolute atomic E-state index is 0.0958. The SMILES string of the molecule is C=CCCC(NC(=O)OCC1c2ccccc2-c2ccccc21)C(=O)N[C@@H](CCSC)C(=O)O. The molecule has 0 bridgehead atoms. The van der Waals surface area contributed by atoms with Gasteiger partial charge in [-0.2, -0.15) is 11.8 Å². The molecule has 34 heavy (non-hydrogen) atoms. The molecule has 2 atom stereocenters. The summed E-state index contributed by atoms with van der Waals surface area (Å²) in [6.45, 7) is 3.79. The smallest absolute Gasteiger partial charge is 0.407 e. The molecule has 0 aliphatic heterocycles. The molecular formula is C26H30N2O5S. The summed E-state index contributed by atoms with van der Waals surface area (Å²) in [4.78, 5) is 36.9. The lowest BCUT2D eigenvalue weighted by molar-refractivity contribution is -0.142. The average Bonchev–Trinajstić information content (AvgIpc) is 3.16. The largest absolute Gasteiger partial charge is 0.480 e. The third kappa shape index (κ3) is 6.20. The van der Waals surface area contributed by atoms with E-state index in [0.29, 0.717) is 18.6 Å². The Morgan fingerprint density at radius 1 is 1.03 bits per heavy atom. The van der Waals surface area contributed by atoms with Crippen LogP contribution >= 0.6 is 11.8 Å². The molecule has 3 rings (SSSR count). The molecule has 1 unspecified atom stereocenters. The van der Waals surface area contributed by atoms with Crippen molar-refractivity contribution in [2.45, 2.75) is 37.3 Å². The first-order valence-electron chi connectivity index (χ1n) is 11.2. The van der Waals surface area contributed by atoms with Gasteiger partial charge in [-0.25, -0.2) is 9.59 Å². The summed E-state index contributed by atoms with van der Waals surface area (Å²) < 4.78 is 5.54. The number of allylic oxidation sites excluding steroid dienone is 1. The summed E-state index contributed by atoms with van der Waals surface area (Å²) in [5.74, 6) is -1.16. The van der Waals surface area contributed by atoms with Gasteiger partial charge >= 0.3 is 12.1 Å². The van der Waals surface area contributed by atoms with Gasteiger partial charge in [0, 0.05) is 5.92 Å². The topological polar surface area (TPSA) is 105 Å². The number of alkyl carbamates (subject to hydrolysis) is 1. The van der Waals surface area contributed by atoms with Crippen molar-refractivity contribution in [2.24, 2.45) is 0 Å². The van der Waals surface area contributed by atoms with Crippen LogP contribution < -0.4 is 10.6 Å². The van der Waals surface area contributed by atoms with Crippen LogP contribution in [0.2, 0.25) is 0 Å². The number of benzene rings is 2. The molecule has 0 fully saturated rings. The maximum atomic E-state index is 12.8. The van der Waals surface area contributed by atoms with Crippen molar-refractivity contribution in [1.82, 2.24) is 10.6 Å². The molecular weight excluding hydrogens is 452 g/mol. The molecule has 2 aromatic carbocycles. The van der Waals surface area contributed by atoms with E-state index in [1.54, 1.807) is 6.08 Å². The number of hydrogen-bond acceptors (Lipinski definition) is 5. The quantitative estimate of drug-likeness (QED) is 0.392. The molecule has 3 N–H and O–H groups in total. The fraction of sp³-hybridized carbons (Fsp3) is 0.346. The standard InChI is InChI=1S/C26H30N2O5S/c1-3-4-13-22(24(29)27-23(25(30)31)14-15-34-2)28-26(32)33-16-21-19-11-7-5-9-17(19)18-10-6-8-12-20(18)21/h3,5-12,21-23H,1,4,13-16H2,2H3,(H,27,29)(H,28,32)(H,30,31)/t22?,23-/m0/s1. The van der Waals surface area contributed by atoms with Gasteiger partial charge in [-0.3, -0.25) is 4.79 Å². The van der Waals surface area contributed by atoms with Crippen LogP contribution in [0, 0.1) is 0 Å². The van der Waals surface area contributed by atoms with Crippen LogP contribution in [0.4, 0.5) is 4.79 Å². The van der Waals surface area contributed by atoms with Crippen molar-refractivity contribution in [3.8, 4) is 11.1 Å². The number of carbonyl (C=O) groups excluding carboxylic acids is 2. The van der Waals surface area contributed by atoms with Gasteiger partial charge in [0.05, 0.1) is 0 Å². The number of thioether (sulfide) groups is 1. The van der Waals surface area contributed by atoms with Crippen LogP contribution in [-0.4, -0.2) is 53.8 Å². The van der Waals surface area contributed by atoms with E-state index < -0.39 is 30.1 Å². The van der Waals surface area contributed by atoms with Crippen LogP contribution in [0.25, 0.3) is 11.1 Å². The summed E-state index contributed by atoms with van der Waals surface area (Å²) in [7, 11) is 0. The normalized spacial score (nSPS) is 13.8. The highest BCUT2D eigenvalue weighted by Gasteiger charge is 2.30. The number of carbonyl (C=O) groups is 3. The maximum Gasteiger partial charge on any atom is 0.407 e. The maximum absolute atomic E-state index is 12.8. The van der Waals surface area contributed by atoms with Crippen molar-refractivity contribution < 1.29 is 24.2 Å². The Balaban J connectivity index is 1.64. The summed E-state index contributed by atoms with van der Waals surface area (Å²) in [6, 6.07) is 14.1. The number of hydrogen-bond donors (Lipinski definition) is 3. The first kappa shape index (κ1) is 25.4. The van der Waals surface area contributed by atoms with Crippen LogP contribution in [0.3, 0.4) is 0 Å². The first-order chi connectivity index (χ1) is 16.5. The molecule has 0 spiro atoms. The Kier molecular flexibility index (Phi) is 9.16. The number of nitrogens with one attached hydrogen (secondary N) is 2. The predicted octanol–water partition coefficient (Wildman–Crippen LogP) is 4.18. The Morgan fingerprint density at radius 3 is 2.21 bits per heavy atom. The van der Waals surface area contributed by atoms with Gasteiger partial charge in [0.1, 0.15) is 18.7 Å². The second-order valence-corrected chi connectivity index (χ2v) is 9.05. The second-order valence-electron chi connectivity index (χ2n) is 8.07. The number of rotatable bonds is 12. The van der Waals surface area contributed by atoms with Crippen molar-refractivity contribution in [3.63, 3.8) is 0 Å². The summed E-state index contributed by atoms with van der Waals surface area (Å²) in [5, 5.41) is 14.5. The molecule has 2 amide bonds. The molecule has 8 heteroatoms. The van der Waals surface area contributed by atoms with Gasteiger partial charge in [0.2, 0.25) is 5.91 Å². The fourth-order valence-electron chi connectivity index (χ4n) is 4.10. The Bertz CT molecular complexity index is 996. The molecule has 0 saturated heterocycles. The van der Waals surface area contributed by atoms with Crippen LogP contribution in [0.1, 0.15) is 36.3 Å². The molecule has 2 aromatic rings. The lowest BCUT2D eigenvalue weighted by Crippen LogP contribution is -2.51. The van der Waals surface area contributed by atoms with Gasteiger partial charge in [-0.05, 0) is 53.5 Å². The first-order valence-corrected chi connectivity index (χ1v) is 12.6. The third-order valence-corrected chi connectivity index (χ3v) is 6.48. The second kappa shape index (κ2) is 12.3. The summed E-state index contributed by atoms with van der Waals surface area (Å²) >= 11 is 1.50. The van der Waals surface area contributed by atoms with E-state index in [0.717, 1.165) is 22.3 Å². The lowest BCUT2D eigenvalue weighted by atomic mass is 9.98. The molecule has 180 valence electrons. The zero-order valence-electron chi connectivity index (χ0n) is 19.2. The number of amides is 2. The lowest BCUT2D eigenvalue weighted by Gasteiger charge is -2.21. The van der Waals surface area contributed by atoms with E-state index in [-0.39, 0.29) is 18.9 Å². The molecule has 1 aliphatic carbocycles. The van der Waals surface area contributed by atoms with Gasteiger partial charge < -0.3 is 20.5 Å².